The summed E-state index contributed by atoms with van der Waals surface area (Å²) in [5, 5.41) is 27.7. The van der Waals surface area contributed by atoms with E-state index in [2.05, 4.69) is 190 Å². The number of rotatable bonds is 2. The van der Waals surface area contributed by atoms with Gasteiger partial charge in [0.1, 0.15) is 0 Å². The molecule has 10 aromatic rings. The average molecular weight is 1230 g/mol. The van der Waals surface area contributed by atoms with Crippen LogP contribution in [0.4, 0.5) is 34.1 Å². The molecule has 0 saturated heterocycles. The van der Waals surface area contributed by atoms with Crippen molar-refractivity contribution in [3.05, 3.63) is 219 Å². The summed E-state index contributed by atoms with van der Waals surface area (Å²) in [5.74, 6) is 0.176. The second kappa shape index (κ2) is 21.1. The summed E-state index contributed by atoms with van der Waals surface area (Å²) in [7, 11) is 4.23. The predicted octanol–water partition coefficient (Wildman–Crippen LogP) is 13.2. The molecule has 0 saturated carbocycles. The Morgan fingerprint density at radius 2 is 0.682 bits per heavy atom. The van der Waals surface area contributed by atoms with Crippen molar-refractivity contribution >= 4 is 77.2 Å². The third-order valence-electron chi connectivity index (χ3n) is 11.2. The number of nitrogens with zero attached hydrogens (tertiary/aromatic N) is 6. The van der Waals surface area contributed by atoms with Crippen LogP contribution in [0.25, 0.3) is 43.1 Å². The normalized spacial score (nSPS) is 12.2. The number of benzene rings is 8. The fourth-order valence-corrected chi connectivity index (χ4v) is 8.48. The zero-order chi connectivity index (χ0) is 44.2. The molecule has 2 aliphatic heterocycles. The van der Waals surface area contributed by atoms with Gasteiger partial charge in [-0.3, -0.25) is 0 Å². The van der Waals surface area contributed by atoms with E-state index in [9.17, 15) is 0 Å². The summed E-state index contributed by atoms with van der Waals surface area (Å²) in [5.41, 5.74) is 8.76. The van der Waals surface area contributed by atoms with Gasteiger partial charge in [-0.25, -0.2) is 9.97 Å². The Bertz CT molecular complexity index is 2990. The van der Waals surface area contributed by atoms with Crippen molar-refractivity contribution in [1.29, 1.82) is 0 Å². The molecule has 8 aromatic carbocycles. The van der Waals surface area contributed by atoms with Crippen LogP contribution >= 0.6 is 0 Å². The Labute approximate surface area is 414 Å². The number of pyridine rings is 2. The van der Waals surface area contributed by atoms with Gasteiger partial charge in [-0.15, -0.1) is 11.4 Å². The summed E-state index contributed by atoms with van der Waals surface area (Å²) >= 11 is 0. The SMILES string of the molecule is CN1[CH-]N(c2[c-]cccc2)c2c1c1ccccc1c1ccccc21.CN1[CH-]N(c2[c-]cccc2)c2c1c1ccccc1c1ccccc21.Cc1cccc(O)n1.Cc1cccc(O)n1.[Pt+2].[Pt+2]. The summed E-state index contributed by atoms with van der Waals surface area (Å²) in [4.78, 5) is 16.4. The number of anilines is 6. The van der Waals surface area contributed by atoms with Crippen LogP contribution in [-0.2, 0) is 42.1 Å². The number of aromatic nitrogens is 2. The Kier molecular flexibility index (Phi) is 15.1. The molecule has 0 fully saturated rings. The third kappa shape index (κ3) is 9.63. The van der Waals surface area contributed by atoms with Gasteiger partial charge in [-0.05, 0) is 61.6 Å². The van der Waals surface area contributed by atoms with Crippen molar-refractivity contribution in [2.75, 3.05) is 33.7 Å². The molecular weight excluding hydrogens is 1180 g/mol. The van der Waals surface area contributed by atoms with Crippen LogP contribution in [0.3, 0.4) is 0 Å². The predicted molar refractivity (Wildman–Crippen MR) is 264 cm³/mol. The fourth-order valence-electron chi connectivity index (χ4n) is 8.48. The van der Waals surface area contributed by atoms with Crippen LogP contribution in [-0.4, -0.2) is 34.3 Å². The number of hydrogen-bond acceptors (Lipinski definition) is 8. The van der Waals surface area contributed by atoms with Crippen molar-refractivity contribution in [3.8, 4) is 11.8 Å². The van der Waals surface area contributed by atoms with Gasteiger partial charge in [-0.1, -0.05) is 109 Å². The van der Waals surface area contributed by atoms with Crippen molar-refractivity contribution < 1.29 is 52.3 Å². The van der Waals surface area contributed by atoms with E-state index < -0.39 is 0 Å². The standard InChI is InChI=1S/2C22H16N2.2C6H7NO.2Pt/c2*1-23-15-24(16-9-3-2-4-10-16)22-20-14-8-6-12-18(20)17-11-5-7-13-19(17)21(22)23;2*1-5-3-2-4-6(8)7-5;;/h2*2-9,11-15H,1H3;2*2-4H,1H3,(H,7,8);;/q2*-2;;;2*+2. The molecule has 2 aliphatic rings. The number of para-hydroxylation sites is 2. The van der Waals surface area contributed by atoms with Gasteiger partial charge >= 0.3 is 42.1 Å². The van der Waals surface area contributed by atoms with E-state index in [1.54, 1.807) is 24.3 Å². The zero-order valence-corrected chi connectivity index (χ0v) is 41.2. The molecule has 0 radical (unpaired) electrons. The zero-order valence-electron chi connectivity index (χ0n) is 36.7. The van der Waals surface area contributed by atoms with Gasteiger partial charge in [-0.2, -0.15) is 74.0 Å². The molecule has 10 heteroatoms. The summed E-state index contributed by atoms with van der Waals surface area (Å²) in [6.07, 6.45) is 0. The molecule has 8 nitrogen and oxygen atoms in total. The third-order valence-corrected chi connectivity index (χ3v) is 11.2. The molecule has 0 aliphatic carbocycles. The van der Waals surface area contributed by atoms with Crippen LogP contribution < -0.4 is 19.6 Å². The molecule has 332 valence electrons. The van der Waals surface area contributed by atoms with E-state index >= 15 is 0 Å². The molecule has 2 aromatic heterocycles. The van der Waals surface area contributed by atoms with Gasteiger partial charge in [0.15, 0.2) is 0 Å². The minimum Gasteiger partial charge on any atom is -0.503 e. The van der Waals surface area contributed by atoms with Crippen molar-refractivity contribution in [2.45, 2.75) is 13.8 Å². The second-order valence-electron chi connectivity index (χ2n) is 15.5. The Morgan fingerprint density at radius 1 is 0.379 bits per heavy atom. The molecule has 66 heavy (non-hydrogen) atoms. The Morgan fingerprint density at radius 3 is 0.955 bits per heavy atom. The van der Waals surface area contributed by atoms with Gasteiger partial charge in [0.2, 0.25) is 11.8 Å². The first-order valence-corrected chi connectivity index (χ1v) is 21.1. The number of fused-ring (bicyclic) bond motifs is 12. The summed E-state index contributed by atoms with van der Waals surface area (Å²) in [6.45, 7) is 7.96. The molecule has 0 amide bonds. The quantitative estimate of drug-likeness (QED) is 0.131. The van der Waals surface area contributed by atoms with Crippen molar-refractivity contribution in [2.24, 2.45) is 0 Å². The second-order valence-corrected chi connectivity index (χ2v) is 15.5. The number of hydrogen-bond donors (Lipinski definition) is 2. The molecular formula is C56H46N6O2Pt2. The van der Waals surface area contributed by atoms with Crippen molar-refractivity contribution in [3.63, 3.8) is 0 Å². The molecule has 0 unspecified atom stereocenters. The Hall–Kier alpha value is -6.72. The first kappa shape index (κ1) is 47.2. The first-order valence-electron chi connectivity index (χ1n) is 21.1. The van der Waals surface area contributed by atoms with Crippen molar-refractivity contribution in [1.82, 2.24) is 9.97 Å². The minimum atomic E-state index is 0. The number of aryl methyl sites for hydroxylation is 2. The van der Waals surface area contributed by atoms with Crippen LogP contribution in [0.2, 0.25) is 0 Å². The summed E-state index contributed by atoms with van der Waals surface area (Å²) in [6, 6.07) is 67.8. The molecule has 0 spiro atoms. The van der Waals surface area contributed by atoms with E-state index in [1.165, 1.54) is 65.8 Å². The largest absolute Gasteiger partial charge is 2.00 e. The average Bonchev–Trinajstić information content (AvgIpc) is 3.87. The summed E-state index contributed by atoms with van der Waals surface area (Å²) < 4.78 is 0. The number of aromatic hydroxyl groups is 2. The van der Waals surface area contributed by atoms with E-state index in [1.807, 2.05) is 50.2 Å². The fraction of sp³-hybridized carbons (Fsp3) is 0.0714. The van der Waals surface area contributed by atoms with E-state index in [0.717, 1.165) is 22.8 Å². The van der Waals surface area contributed by atoms with E-state index in [4.69, 9.17) is 10.2 Å². The molecule has 0 bridgehead atoms. The maximum atomic E-state index is 8.70. The molecule has 0 atom stereocenters. The molecule has 12 rings (SSSR count). The van der Waals surface area contributed by atoms with Crippen LogP contribution in [0, 0.1) is 39.3 Å². The topological polar surface area (TPSA) is 79.2 Å². The van der Waals surface area contributed by atoms with Crippen LogP contribution in [0.5, 0.6) is 11.8 Å². The minimum absolute atomic E-state index is 0. The first-order chi connectivity index (χ1) is 31.3. The van der Waals surface area contributed by atoms with Gasteiger partial charge in [0.05, 0.1) is 0 Å². The van der Waals surface area contributed by atoms with Gasteiger partial charge < -0.3 is 29.8 Å². The van der Waals surface area contributed by atoms with Gasteiger partial charge in [0.25, 0.3) is 0 Å². The smallest absolute Gasteiger partial charge is 0.503 e. The molecule has 4 heterocycles. The van der Waals surface area contributed by atoms with E-state index in [0.29, 0.717) is 0 Å². The maximum Gasteiger partial charge on any atom is 2.00 e. The Balaban J connectivity index is 0.000000145. The monoisotopic (exact) mass is 1220 g/mol. The van der Waals surface area contributed by atoms with Crippen LogP contribution in [0.15, 0.2) is 182 Å². The maximum absolute atomic E-state index is 8.70. The van der Waals surface area contributed by atoms with E-state index in [-0.39, 0.29) is 53.9 Å². The van der Waals surface area contributed by atoms with Gasteiger partial charge in [0, 0.05) is 67.8 Å². The van der Waals surface area contributed by atoms with Crippen LogP contribution in [0.1, 0.15) is 11.4 Å². The molecule has 2 N–H and O–H groups in total.